The number of esters is 2. The molecule has 3 unspecified atom stereocenters. The number of nitrogens with one attached hydrogen (secondary N) is 2. The number of aliphatic carboxylic acids is 3. The highest BCUT2D eigenvalue weighted by molar-refractivity contribution is 7.47. The fourth-order valence-electron chi connectivity index (χ4n) is 9.53. The Morgan fingerprint density at radius 3 is 1.64 bits per heavy atom. The number of unbranched alkanes of at least 4 members (excludes halogenated alkanes) is 24. The molecule has 1 aliphatic rings. The largest absolute Gasteiger partial charge is 0.480 e. The lowest BCUT2D eigenvalue weighted by molar-refractivity contribution is -0.161. The number of phosphoric acid groups is 1. The minimum absolute atomic E-state index is 0.00952. The van der Waals surface area contributed by atoms with Gasteiger partial charge in [-0.2, -0.15) is 0 Å². The van der Waals surface area contributed by atoms with E-state index in [9.17, 15) is 53.5 Å². The smallest absolute Gasteiger partial charge is 0.472 e. The maximum Gasteiger partial charge on any atom is 0.472 e. The Kier molecular flexibility index (Phi) is 40.1. The molecule has 0 saturated carbocycles. The highest BCUT2D eigenvalue weighted by Gasteiger charge is 2.35. The average Bonchev–Trinajstić information content (AvgIpc) is 3.40. The molecular weight excluding hydrogens is 1030 g/mol. The minimum atomic E-state index is -4.74. The van der Waals surface area contributed by atoms with Gasteiger partial charge in [-0.15, -0.1) is 0 Å². The molecule has 448 valence electrons. The zero-order valence-electron chi connectivity index (χ0n) is 47.5. The average molecular weight is 1130 g/mol. The van der Waals surface area contributed by atoms with Crippen LogP contribution in [0.15, 0.2) is 18.2 Å². The predicted molar refractivity (Wildman–Crippen MR) is 298 cm³/mol. The van der Waals surface area contributed by atoms with Crippen LogP contribution >= 0.6 is 7.82 Å². The summed E-state index contributed by atoms with van der Waals surface area (Å²) in [6.45, 7) is 3.59. The number of carboxylic acids is 3. The van der Waals surface area contributed by atoms with Crippen molar-refractivity contribution in [1.82, 2.24) is 25.4 Å². The third-order valence-electron chi connectivity index (χ3n) is 14.0. The summed E-state index contributed by atoms with van der Waals surface area (Å²) in [7, 11) is -4.74. The van der Waals surface area contributed by atoms with Crippen molar-refractivity contribution in [2.75, 3.05) is 52.5 Å². The van der Waals surface area contributed by atoms with Crippen LogP contribution in [0.5, 0.6) is 0 Å². The van der Waals surface area contributed by atoms with Gasteiger partial charge in [-0.25, -0.2) is 14.2 Å². The van der Waals surface area contributed by atoms with Crippen LogP contribution in [0.3, 0.4) is 0 Å². The molecule has 2 heterocycles. The van der Waals surface area contributed by atoms with Crippen LogP contribution < -0.4 is 10.6 Å². The SMILES string of the molecule is CCCCCCCCCCCCCCCC(=O)OCC(COP(=O)(O)OCCNC(=O)CCCC(C(=O)O)N1CCNCc2cccc(n2)CN(C(C(=O)O)C(=O)O)CC1)OC(=O)CCCCCCCCCCCCCCC. The van der Waals surface area contributed by atoms with Gasteiger partial charge in [-0.1, -0.05) is 174 Å². The third-order valence-corrected chi connectivity index (χ3v) is 15.0. The third kappa shape index (κ3) is 35.5. The van der Waals surface area contributed by atoms with Gasteiger partial charge in [-0.05, 0) is 37.8 Å². The number of ether oxygens (including phenoxy) is 2. The van der Waals surface area contributed by atoms with E-state index >= 15 is 0 Å². The molecule has 21 heteroatoms. The van der Waals surface area contributed by atoms with Crippen LogP contribution in [0.4, 0.5) is 0 Å². The zero-order chi connectivity index (χ0) is 57.1. The number of pyridine rings is 1. The van der Waals surface area contributed by atoms with Crippen LogP contribution in [0.25, 0.3) is 0 Å². The fourth-order valence-corrected chi connectivity index (χ4v) is 10.3. The van der Waals surface area contributed by atoms with E-state index in [0.717, 1.165) is 38.5 Å². The number of phosphoric ester groups is 1. The van der Waals surface area contributed by atoms with Crippen LogP contribution in [-0.4, -0.2) is 141 Å². The second-order valence-electron chi connectivity index (χ2n) is 20.9. The Labute approximate surface area is 465 Å². The van der Waals surface area contributed by atoms with Crippen molar-refractivity contribution in [2.45, 2.75) is 244 Å². The first-order chi connectivity index (χ1) is 37.6. The molecule has 78 heavy (non-hydrogen) atoms. The second kappa shape index (κ2) is 44.7. The summed E-state index contributed by atoms with van der Waals surface area (Å²) in [4.78, 5) is 92.9. The molecule has 0 aliphatic carbocycles. The topological polar surface area (TPSA) is 281 Å². The summed E-state index contributed by atoms with van der Waals surface area (Å²) in [6, 6.07) is 2.19. The normalized spacial score (nSPS) is 15.1. The monoisotopic (exact) mass is 1130 g/mol. The summed E-state index contributed by atoms with van der Waals surface area (Å²) in [5.74, 6) is -5.78. The summed E-state index contributed by atoms with van der Waals surface area (Å²) in [6.07, 6.45) is 29.5. The molecular formula is C57H100N5O15P. The lowest BCUT2D eigenvalue weighted by atomic mass is 10.0. The molecule has 1 aromatic heterocycles. The number of carboxylic acid groups (broad SMARTS) is 3. The first-order valence-electron chi connectivity index (χ1n) is 29.7. The molecule has 0 spiro atoms. The van der Waals surface area contributed by atoms with E-state index in [1.807, 2.05) is 0 Å². The van der Waals surface area contributed by atoms with Crippen molar-refractivity contribution in [2.24, 2.45) is 0 Å². The van der Waals surface area contributed by atoms with Crippen LogP contribution in [0, 0.1) is 0 Å². The van der Waals surface area contributed by atoms with Crippen molar-refractivity contribution in [3.8, 4) is 0 Å². The molecule has 1 amide bonds. The Bertz CT molecular complexity index is 1850. The lowest BCUT2D eigenvalue weighted by Gasteiger charge is -2.33. The number of amides is 1. The summed E-state index contributed by atoms with van der Waals surface area (Å²) in [5, 5.41) is 35.6. The second-order valence-corrected chi connectivity index (χ2v) is 22.3. The molecule has 2 rings (SSSR count). The molecule has 0 saturated heterocycles. The molecule has 1 aromatic rings. The Hall–Kier alpha value is -4.04. The Balaban J connectivity index is 1.84. The van der Waals surface area contributed by atoms with Gasteiger partial charge in [0, 0.05) is 65.1 Å². The van der Waals surface area contributed by atoms with E-state index in [1.165, 1.54) is 120 Å². The van der Waals surface area contributed by atoms with Crippen molar-refractivity contribution < 1.29 is 72.1 Å². The Morgan fingerprint density at radius 2 is 1.12 bits per heavy atom. The van der Waals surface area contributed by atoms with Gasteiger partial charge < -0.3 is 40.3 Å². The molecule has 0 aromatic carbocycles. The van der Waals surface area contributed by atoms with Crippen molar-refractivity contribution >= 4 is 43.6 Å². The van der Waals surface area contributed by atoms with Gasteiger partial charge in [0.1, 0.15) is 12.6 Å². The van der Waals surface area contributed by atoms with Crippen LogP contribution in [-0.2, 0) is 64.9 Å². The molecule has 1 aliphatic heterocycles. The fraction of sp³-hybridized carbons (Fsp3) is 0.807. The first kappa shape index (κ1) is 70.1. The number of hydrogen-bond acceptors (Lipinski definition) is 15. The van der Waals surface area contributed by atoms with E-state index in [0.29, 0.717) is 37.3 Å². The summed E-state index contributed by atoms with van der Waals surface area (Å²) in [5.41, 5.74) is 1.11. The van der Waals surface area contributed by atoms with Gasteiger partial charge in [0.25, 0.3) is 0 Å². The molecule has 3 atom stereocenters. The van der Waals surface area contributed by atoms with Crippen molar-refractivity contribution in [3.63, 3.8) is 0 Å². The minimum Gasteiger partial charge on any atom is -0.480 e. The summed E-state index contributed by atoms with van der Waals surface area (Å²) >= 11 is 0. The van der Waals surface area contributed by atoms with Gasteiger partial charge in [0.2, 0.25) is 11.9 Å². The number of nitrogens with zero attached hydrogens (tertiary/aromatic N) is 3. The maximum absolute atomic E-state index is 12.9. The van der Waals surface area contributed by atoms with E-state index in [1.54, 1.807) is 23.1 Å². The van der Waals surface area contributed by atoms with Crippen LogP contribution in [0.2, 0.25) is 0 Å². The number of aromatic nitrogens is 1. The summed E-state index contributed by atoms with van der Waals surface area (Å²) < 4.78 is 34.2. The molecule has 6 N–H and O–H groups in total. The highest BCUT2D eigenvalue weighted by atomic mass is 31.2. The van der Waals surface area contributed by atoms with Gasteiger partial charge in [0.15, 0.2) is 6.10 Å². The van der Waals surface area contributed by atoms with E-state index < -0.39 is 75.0 Å². The molecule has 20 nitrogen and oxygen atoms in total. The van der Waals surface area contributed by atoms with Crippen LogP contribution in [0.1, 0.15) is 224 Å². The number of hydrogen-bond donors (Lipinski definition) is 6. The number of carbonyl (C=O) groups excluding carboxylic acids is 3. The highest BCUT2D eigenvalue weighted by Crippen LogP contribution is 2.43. The van der Waals surface area contributed by atoms with Gasteiger partial charge in [-0.3, -0.25) is 43.0 Å². The molecule has 2 bridgehead atoms. The standard InChI is InChI=1S/C57H100N5O15P/c1-3-5-7-9-11-13-15-17-19-21-23-25-27-35-52(64)74-45-49(77-53(65)36-28-26-24-22-20-18-16-14-12-10-8-6-4-2)46-76-78(72,73)75-42-38-59-51(63)34-30-33-50(55(66)67)61-39-37-58-43-47-31-29-32-48(60-47)44-62(41-40-61)54(56(68)69)57(70)71/h29,31-32,49-50,54,58H,3-28,30,33-46H2,1-2H3,(H,59,63)(H,66,67)(H,68,69)(H,70,71)(H,72,73). The van der Waals surface area contributed by atoms with E-state index in [2.05, 4.69) is 29.5 Å². The first-order valence-corrected chi connectivity index (χ1v) is 31.2. The molecule has 0 radical (unpaired) electrons. The number of carbonyl (C=O) groups is 6. The Morgan fingerprint density at radius 1 is 0.615 bits per heavy atom. The lowest BCUT2D eigenvalue weighted by Crippen LogP contribution is -2.52. The van der Waals surface area contributed by atoms with Gasteiger partial charge >= 0.3 is 37.7 Å². The maximum atomic E-state index is 12.9. The molecule has 0 fully saturated rings. The quantitative estimate of drug-likeness (QED) is 0.0153. The van der Waals surface area contributed by atoms with Crippen molar-refractivity contribution in [3.05, 3.63) is 29.6 Å². The number of fused-ring (bicyclic) bond motifs is 2. The number of rotatable bonds is 47. The van der Waals surface area contributed by atoms with E-state index in [4.69, 9.17) is 18.5 Å². The van der Waals surface area contributed by atoms with E-state index in [-0.39, 0.29) is 71.4 Å². The predicted octanol–water partition coefficient (Wildman–Crippen LogP) is 10.1. The van der Waals surface area contributed by atoms with Gasteiger partial charge in [0.05, 0.1) is 24.6 Å². The zero-order valence-corrected chi connectivity index (χ0v) is 48.4. The van der Waals surface area contributed by atoms with Crippen molar-refractivity contribution in [1.29, 1.82) is 0 Å².